The van der Waals surface area contributed by atoms with Crippen molar-refractivity contribution in [2.24, 2.45) is 0 Å². The monoisotopic (exact) mass is 432 g/mol. The average molecular weight is 432 g/mol. The highest BCUT2D eigenvalue weighted by atomic mass is 127. The summed E-state index contributed by atoms with van der Waals surface area (Å²) in [6.45, 7) is 9.21. The Kier molecular flexibility index (Phi) is 5.27. The van der Waals surface area contributed by atoms with Crippen LogP contribution in [0.15, 0.2) is 12.1 Å². The molecule has 1 aliphatic heterocycles. The van der Waals surface area contributed by atoms with Crippen molar-refractivity contribution in [3.05, 3.63) is 15.7 Å². The maximum atomic E-state index is 12.1. The Labute approximate surface area is 151 Å². The van der Waals surface area contributed by atoms with Gasteiger partial charge in [0.2, 0.25) is 0 Å². The number of hydrogen-bond acceptors (Lipinski definition) is 5. The molecule has 0 unspecified atom stereocenters. The first-order valence-corrected chi connectivity index (χ1v) is 8.83. The highest BCUT2D eigenvalue weighted by Crippen LogP contribution is 2.27. The number of rotatable bonds is 2. The van der Waals surface area contributed by atoms with Crippen LogP contribution in [0.2, 0.25) is 0 Å². The number of nitrogens with one attached hydrogen (secondary N) is 1. The predicted octanol–water partition coefficient (Wildman–Crippen LogP) is 3.15. The number of pyridine rings is 1. The summed E-state index contributed by atoms with van der Waals surface area (Å²) in [5.41, 5.74) is 5.00. The molecule has 1 amide bonds. The number of amides is 1. The van der Waals surface area contributed by atoms with E-state index < -0.39 is 5.60 Å². The van der Waals surface area contributed by atoms with Crippen LogP contribution in [0.1, 0.15) is 40.5 Å². The molecule has 128 valence electrons. The summed E-state index contributed by atoms with van der Waals surface area (Å²) < 4.78 is 6.43. The maximum Gasteiger partial charge on any atom is 0.408 e. The van der Waals surface area contributed by atoms with Crippen molar-refractivity contribution in [2.75, 3.05) is 23.7 Å². The molecular formula is C16H25IN4O2. The lowest BCUT2D eigenvalue weighted by atomic mass is 9.91. The second kappa shape index (κ2) is 6.70. The summed E-state index contributed by atoms with van der Waals surface area (Å²) >= 11 is 2.23. The quantitative estimate of drug-likeness (QED) is 0.702. The third-order valence-electron chi connectivity index (χ3n) is 3.62. The molecule has 2 rings (SSSR count). The van der Waals surface area contributed by atoms with E-state index in [0.29, 0.717) is 12.4 Å². The topological polar surface area (TPSA) is 80.5 Å². The molecule has 1 atom stereocenters. The van der Waals surface area contributed by atoms with Crippen LogP contribution in [0.4, 0.5) is 16.4 Å². The SMILES string of the molecule is CC(C)(C)OC(=O)N[C@@]1(C)CCCN(c2cc(I)cc(N)n2)C1. The summed E-state index contributed by atoms with van der Waals surface area (Å²) in [4.78, 5) is 18.7. The van der Waals surface area contributed by atoms with E-state index in [4.69, 9.17) is 10.5 Å². The number of ether oxygens (including phenoxy) is 1. The molecule has 6 nitrogen and oxygen atoms in total. The number of alkyl carbamates (subject to hydrolysis) is 1. The number of carbonyl (C=O) groups is 1. The van der Waals surface area contributed by atoms with Crippen LogP contribution < -0.4 is 16.0 Å². The fourth-order valence-electron chi connectivity index (χ4n) is 2.75. The molecule has 1 aromatic heterocycles. The highest BCUT2D eigenvalue weighted by Gasteiger charge is 2.34. The summed E-state index contributed by atoms with van der Waals surface area (Å²) in [6.07, 6.45) is 1.50. The number of aromatic nitrogens is 1. The second-order valence-electron chi connectivity index (χ2n) is 7.28. The lowest BCUT2D eigenvalue weighted by Gasteiger charge is -2.41. The number of nitrogens with two attached hydrogens (primary N) is 1. The van der Waals surface area contributed by atoms with Gasteiger partial charge in [-0.15, -0.1) is 0 Å². The van der Waals surface area contributed by atoms with Gasteiger partial charge in [-0.2, -0.15) is 0 Å². The van der Waals surface area contributed by atoms with Crippen LogP contribution in [0.25, 0.3) is 0 Å². The molecular weight excluding hydrogens is 407 g/mol. The maximum absolute atomic E-state index is 12.1. The fourth-order valence-corrected chi connectivity index (χ4v) is 3.35. The van der Waals surface area contributed by atoms with Gasteiger partial charge >= 0.3 is 6.09 Å². The number of halogens is 1. The number of piperidine rings is 1. The lowest BCUT2D eigenvalue weighted by Crippen LogP contribution is -2.57. The third-order valence-corrected chi connectivity index (χ3v) is 4.24. The molecule has 0 aliphatic carbocycles. The van der Waals surface area contributed by atoms with Crippen LogP contribution >= 0.6 is 22.6 Å². The number of hydrogen-bond donors (Lipinski definition) is 2. The minimum Gasteiger partial charge on any atom is -0.444 e. The molecule has 1 fully saturated rings. The lowest BCUT2D eigenvalue weighted by molar-refractivity contribution is 0.0454. The molecule has 0 bridgehead atoms. The van der Waals surface area contributed by atoms with Crippen molar-refractivity contribution < 1.29 is 9.53 Å². The predicted molar refractivity (Wildman–Crippen MR) is 101 cm³/mol. The zero-order chi connectivity index (χ0) is 17.3. The Balaban J connectivity index is 2.08. The van der Waals surface area contributed by atoms with Gasteiger partial charge < -0.3 is 20.7 Å². The number of anilines is 2. The van der Waals surface area contributed by atoms with Crippen molar-refractivity contribution in [1.29, 1.82) is 0 Å². The molecule has 1 aliphatic rings. The van der Waals surface area contributed by atoms with Crippen molar-refractivity contribution in [2.45, 2.75) is 51.7 Å². The fraction of sp³-hybridized carbons (Fsp3) is 0.625. The summed E-state index contributed by atoms with van der Waals surface area (Å²) in [7, 11) is 0. The van der Waals surface area contributed by atoms with Gasteiger partial charge in [0.05, 0.1) is 5.54 Å². The van der Waals surface area contributed by atoms with Gasteiger partial charge in [0.1, 0.15) is 17.2 Å². The van der Waals surface area contributed by atoms with E-state index in [1.807, 2.05) is 39.8 Å². The Morgan fingerprint density at radius 3 is 2.78 bits per heavy atom. The molecule has 1 aromatic rings. The molecule has 0 radical (unpaired) electrons. The zero-order valence-corrected chi connectivity index (χ0v) is 16.3. The molecule has 0 aromatic carbocycles. The van der Waals surface area contributed by atoms with Crippen molar-refractivity contribution >= 4 is 40.3 Å². The summed E-state index contributed by atoms with van der Waals surface area (Å²) in [5, 5.41) is 3.02. The van der Waals surface area contributed by atoms with Crippen LogP contribution in [-0.4, -0.2) is 35.3 Å². The van der Waals surface area contributed by atoms with Crippen molar-refractivity contribution in [3.8, 4) is 0 Å². The van der Waals surface area contributed by atoms with Crippen LogP contribution in [0.5, 0.6) is 0 Å². The summed E-state index contributed by atoms with van der Waals surface area (Å²) in [5.74, 6) is 1.37. The molecule has 1 saturated heterocycles. The van der Waals surface area contributed by atoms with E-state index in [-0.39, 0.29) is 11.6 Å². The van der Waals surface area contributed by atoms with Crippen LogP contribution in [-0.2, 0) is 4.74 Å². The van der Waals surface area contributed by atoms with E-state index in [1.165, 1.54) is 0 Å². The van der Waals surface area contributed by atoms with E-state index >= 15 is 0 Å². The van der Waals surface area contributed by atoms with Gasteiger partial charge in [0.25, 0.3) is 0 Å². The largest absolute Gasteiger partial charge is 0.444 e. The smallest absolute Gasteiger partial charge is 0.408 e. The Morgan fingerprint density at radius 2 is 2.17 bits per heavy atom. The molecule has 2 heterocycles. The Hall–Kier alpha value is -1.25. The first-order chi connectivity index (χ1) is 10.6. The standard InChI is InChI=1S/C16H25IN4O2/c1-15(2,3)23-14(22)20-16(4)6-5-7-21(10-16)13-9-11(17)8-12(18)19-13/h8-9H,5-7,10H2,1-4H3,(H2,18,19)(H,20,22)/t16-/m0/s1. The number of nitrogen functional groups attached to an aromatic ring is 1. The first kappa shape index (κ1) is 18.1. The van der Waals surface area contributed by atoms with E-state index in [0.717, 1.165) is 28.8 Å². The van der Waals surface area contributed by atoms with Gasteiger partial charge in [-0.1, -0.05) is 0 Å². The third kappa shape index (κ3) is 5.40. The molecule has 3 N–H and O–H groups in total. The zero-order valence-electron chi connectivity index (χ0n) is 14.1. The molecule has 7 heteroatoms. The molecule has 23 heavy (non-hydrogen) atoms. The van der Waals surface area contributed by atoms with Gasteiger partial charge in [-0.25, -0.2) is 9.78 Å². The second-order valence-corrected chi connectivity index (χ2v) is 8.53. The number of nitrogens with zero attached hydrogens (tertiary/aromatic N) is 2. The average Bonchev–Trinajstić information content (AvgIpc) is 2.34. The molecule has 0 saturated carbocycles. The Morgan fingerprint density at radius 1 is 1.48 bits per heavy atom. The van der Waals surface area contributed by atoms with E-state index in [1.54, 1.807) is 0 Å². The molecule has 0 spiro atoms. The number of carbonyl (C=O) groups excluding carboxylic acids is 1. The van der Waals surface area contributed by atoms with Gasteiger partial charge in [0, 0.05) is 16.7 Å². The van der Waals surface area contributed by atoms with E-state index in [9.17, 15) is 4.79 Å². The normalized spacial score (nSPS) is 21.9. The minimum atomic E-state index is -0.500. The van der Waals surface area contributed by atoms with Gasteiger partial charge in [0.15, 0.2) is 0 Å². The van der Waals surface area contributed by atoms with Gasteiger partial charge in [-0.3, -0.25) is 0 Å². The van der Waals surface area contributed by atoms with Crippen molar-refractivity contribution in [3.63, 3.8) is 0 Å². The van der Waals surface area contributed by atoms with Crippen molar-refractivity contribution in [1.82, 2.24) is 10.3 Å². The minimum absolute atomic E-state index is 0.349. The van der Waals surface area contributed by atoms with Crippen LogP contribution in [0, 0.1) is 3.57 Å². The first-order valence-electron chi connectivity index (χ1n) is 7.76. The Bertz CT molecular complexity index is 568. The summed E-state index contributed by atoms with van der Waals surface area (Å²) in [6, 6.07) is 3.85. The van der Waals surface area contributed by atoms with Gasteiger partial charge in [-0.05, 0) is 75.3 Å². The van der Waals surface area contributed by atoms with E-state index in [2.05, 4.69) is 37.8 Å². The highest BCUT2D eigenvalue weighted by molar-refractivity contribution is 14.1. The van der Waals surface area contributed by atoms with Crippen LogP contribution in [0.3, 0.4) is 0 Å².